The van der Waals surface area contributed by atoms with Gasteiger partial charge in [-0.3, -0.25) is 0 Å². The summed E-state index contributed by atoms with van der Waals surface area (Å²) < 4.78 is 5.40. The Kier molecular flexibility index (Phi) is 2.86. The second kappa shape index (κ2) is 3.71. The first-order valence-corrected chi connectivity index (χ1v) is 4.10. The molecule has 0 aliphatic carbocycles. The molecule has 10 heavy (non-hydrogen) atoms. The summed E-state index contributed by atoms with van der Waals surface area (Å²) in [5.41, 5.74) is 0. The molecule has 0 aliphatic heterocycles. The summed E-state index contributed by atoms with van der Waals surface area (Å²) in [4.78, 5) is 3.99. The number of aryl methyl sites for hydroxylation is 1. The van der Waals surface area contributed by atoms with Crippen LogP contribution in [-0.2, 0) is 6.42 Å². The van der Waals surface area contributed by atoms with Crippen molar-refractivity contribution in [3.8, 4) is 0 Å². The van der Waals surface area contributed by atoms with E-state index in [0.29, 0.717) is 10.6 Å². The Morgan fingerprint density at radius 3 is 2.90 bits per heavy atom. The Morgan fingerprint density at radius 1 is 1.60 bits per heavy atom. The maximum absolute atomic E-state index is 4.86. The van der Waals surface area contributed by atoms with Gasteiger partial charge in [0.15, 0.2) is 0 Å². The third-order valence-corrected chi connectivity index (χ3v) is 1.51. The summed E-state index contributed by atoms with van der Waals surface area (Å²) in [6, 6.07) is 0. The van der Waals surface area contributed by atoms with Crippen molar-refractivity contribution in [1.82, 2.24) is 10.1 Å². The summed E-state index contributed by atoms with van der Waals surface area (Å²) in [6.45, 7) is 2.13. The van der Waals surface area contributed by atoms with Crippen LogP contribution in [0.15, 0.2) is 9.26 Å². The highest BCUT2D eigenvalue weighted by molar-refractivity contribution is 9.10. The van der Waals surface area contributed by atoms with E-state index in [4.69, 9.17) is 4.52 Å². The van der Waals surface area contributed by atoms with Gasteiger partial charge in [0.2, 0.25) is 10.6 Å². The summed E-state index contributed by atoms with van der Waals surface area (Å²) >= 11 is 3.11. The Hall–Kier alpha value is -0.380. The van der Waals surface area contributed by atoms with Crippen molar-refractivity contribution in [1.29, 1.82) is 0 Å². The van der Waals surface area contributed by atoms with Crippen molar-refractivity contribution in [2.24, 2.45) is 0 Å². The van der Waals surface area contributed by atoms with Crippen LogP contribution in [0.5, 0.6) is 0 Å². The average Bonchev–Trinajstić information content (AvgIpc) is 2.31. The van der Waals surface area contributed by atoms with Gasteiger partial charge in [-0.15, -0.1) is 0 Å². The van der Waals surface area contributed by atoms with Gasteiger partial charge in [0.25, 0.3) is 0 Å². The molecule has 56 valence electrons. The zero-order valence-corrected chi connectivity index (χ0v) is 7.39. The molecule has 0 amide bonds. The molecule has 0 N–H and O–H groups in total. The van der Waals surface area contributed by atoms with Crippen LogP contribution in [0.2, 0.25) is 0 Å². The van der Waals surface area contributed by atoms with Crippen LogP contribution >= 0.6 is 15.9 Å². The largest absolute Gasteiger partial charge is 0.338 e. The fraction of sp³-hybridized carbons (Fsp3) is 0.667. The lowest BCUT2D eigenvalue weighted by Crippen LogP contribution is -1.82. The molecule has 0 fully saturated rings. The number of rotatable bonds is 3. The quantitative estimate of drug-likeness (QED) is 0.758. The predicted octanol–water partition coefficient (Wildman–Crippen LogP) is 2.17. The van der Waals surface area contributed by atoms with Gasteiger partial charge in [-0.25, -0.2) is 0 Å². The highest BCUT2D eigenvalue weighted by Gasteiger charge is 2.00. The third-order valence-electron chi connectivity index (χ3n) is 1.19. The highest BCUT2D eigenvalue weighted by atomic mass is 79.9. The lowest BCUT2D eigenvalue weighted by Gasteiger charge is -1.86. The topological polar surface area (TPSA) is 38.9 Å². The van der Waals surface area contributed by atoms with Crippen LogP contribution in [0.25, 0.3) is 0 Å². The molecule has 1 aromatic rings. The molecule has 0 bridgehead atoms. The van der Waals surface area contributed by atoms with Crippen molar-refractivity contribution >= 4 is 15.9 Å². The third kappa shape index (κ3) is 2.10. The molecule has 0 aliphatic rings. The number of halogens is 1. The second-order valence-electron chi connectivity index (χ2n) is 2.06. The lowest BCUT2D eigenvalue weighted by atomic mass is 10.2. The molecule has 0 aromatic carbocycles. The van der Waals surface area contributed by atoms with E-state index in [-0.39, 0.29) is 0 Å². The van der Waals surface area contributed by atoms with Gasteiger partial charge in [-0.2, -0.15) is 4.98 Å². The van der Waals surface area contributed by atoms with Gasteiger partial charge in [0, 0.05) is 6.42 Å². The van der Waals surface area contributed by atoms with E-state index in [2.05, 4.69) is 33.0 Å². The molecule has 0 unspecified atom stereocenters. The molecular weight excluding hydrogens is 196 g/mol. The predicted molar refractivity (Wildman–Crippen MR) is 40.6 cm³/mol. The number of nitrogens with zero attached hydrogens (tertiary/aromatic N) is 2. The maximum Gasteiger partial charge on any atom is 0.238 e. The highest BCUT2D eigenvalue weighted by Crippen LogP contribution is 2.06. The summed E-state index contributed by atoms with van der Waals surface area (Å²) in [5, 5.41) is 3.60. The van der Waals surface area contributed by atoms with E-state index in [1.165, 1.54) is 0 Å². The Bertz CT molecular complexity index is 199. The number of hydrogen-bond acceptors (Lipinski definition) is 3. The van der Waals surface area contributed by atoms with Crippen LogP contribution in [0.4, 0.5) is 0 Å². The van der Waals surface area contributed by atoms with Crippen LogP contribution in [0.3, 0.4) is 0 Å². The minimum Gasteiger partial charge on any atom is -0.338 e. The number of aromatic nitrogens is 2. The van der Waals surface area contributed by atoms with E-state index >= 15 is 0 Å². The van der Waals surface area contributed by atoms with E-state index in [9.17, 15) is 0 Å². The number of unbranched alkanes of at least 4 members (excludes halogenated alkanes) is 1. The maximum atomic E-state index is 4.86. The first-order valence-electron chi connectivity index (χ1n) is 3.31. The van der Waals surface area contributed by atoms with E-state index in [1.54, 1.807) is 0 Å². The van der Waals surface area contributed by atoms with Crippen LogP contribution in [-0.4, -0.2) is 10.1 Å². The Morgan fingerprint density at radius 2 is 2.40 bits per heavy atom. The SMILES string of the molecule is CCCCc1nc(Br)no1. The molecule has 0 atom stereocenters. The molecule has 0 saturated carbocycles. The van der Waals surface area contributed by atoms with Gasteiger partial charge < -0.3 is 4.52 Å². The van der Waals surface area contributed by atoms with Crippen LogP contribution < -0.4 is 0 Å². The van der Waals surface area contributed by atoms with Crippen molar-refractivity contribution in [2.45, 2.75) is 26.2 Å². The van der Waals surface area contributed by atoms with Gasteiger partial charge in [0.05, 0.1) is 0 Å². The van der Waals surface area contributed by atoms with Gasteiger partial charge in [-0.1, -0.05) is 13.3 Å². The molecule has 1 heterocycles. The molecule has 1 aromatic heterocycles. The zero-order valence-electron chi connectivity index (χ0n) is 5.80. The van der Waals surface area contributed by atoms with Crippen LogP contribution in [0.1, 0.15) is 25.7 Å². The Labute approximate surface area is 67.9 Å². The fourth-order valence-electron chi connectivity index (χ4n) is 0.664. The number of hydrogen-bond donors (Lipinski definition) is 0. The fourth-order valence-corrected chi connectivity index (χ4v) is 0.934. The average molecular weight is 205 g/mol. The summed E-state index contributed by atoms with van der Waals surface area (Å²) in [5.74, 6) is 0.716. The van der Waals surface area contributed by atoms with Gasteiger partial charge >= 0.3 is 0 Å². The molecular formula is C6H9BrN2O. The molecule has 0 spiro atoms. The van der Waals surface area contributed by atoms with E-state index in [0.717, 1.165) is 19.3 Å². The molecule has 0 radical (unpaired) electrons. The molecule has 0 saturated heterocycles. The second-order valence-corrected chi connectivity index (χ2v) is 2.77. The smallest absolute Gasteiger partial charge is 0.238 e. The van der Waals surface area contributed by atoms with Gasteiger partial charge in [0.1, 0.15) is 0 Å². The molecule has 3 nitrogen and oxygen atoms in total. The Balaban J connectivity index is 2.42. The molecule has 4 heteroatoms. The van der Waals surface area contributed by atoms with Crippen LogP contribution in [0, 0.1) is 0 Å². The monoisotopic (exact) mass is 204 g/mol. The van der Waals surface area contributed by atoms with E-state index < -0.39 is 0 Å². The van der Waals surface area contributed by atoms with Gasteiger partial charge in [-0.05, 0) is 27.5 Å². The zero-order chi connectivity index (χ0) is 7.40. The summed E-state index contributed by atoms with van der Waals surface area (Å²) in [6.07, 6.45) is 3.14. The van der Waals surface area contributed by atoms with Crippen molar-refractivity contribution in [2.75, 3.05) is 0 Å². The lowest BCUT2D eigenvalue weighted by molar-refractivity contribution is 0.372. The molecule has 1 rings (SSSR count). The first kappa shape index (κ1) is 7.72. The summed E-state index contributed by atoms with van der Waals surface area (Å²) in [7, 11) is 0. The van der Waals surface area contributed by atoms with E-state index in [1.807, 2.05) is 0 Å². The minimum atomic E-state index is 0.540. The van der Waals surface area contributed by atoms with Crippen molar-refractivity contribution < 1.29 is 4.52 Å². The normalized spacial score (nSPS) is 10.2. The van der Waals surface area contributed by atoms with Crippen molar-refractivity contribution in [3.63, 3.8) is 0 Å². The minimum absolute atomic E-state index is 0.540. The van der Waals surface area contributed by atoms with Crippen molar-refractivity contribution in [3.05, 3.63) is 10.6 Å². The standard InChI is InChI=1S/C6H9BrN2O/c1-2-3-4-5-8-6(7)9-10-5/h2-4H2,1H3. The first-order chi connectivity index (χ1) is 4.83.